The van der Waals surface area contributed by atoms with Crippen molar-refractivity contribution in [3.05, 3.63) is 24.3 Å². The molecular formula is C15H22F2N2O5S. The fourth-order valence-electron chi connectivity index (χ4n) is 1.44. The Kier molecular flexibility index (Phi) is 8.36. The molecule has 0 fully saturated rings. The number of carbonyl (C=O) groups is 1. The molecule has 7 nitrogen and oxygen atoms in total. The molecule has 2 N–H and O–H groups in total. The molecule has 0 aliphatic carbocycles. The third-order valence-electron chi connectivity index (χ3n) is 2.43. The minimum Gasteiger partial charge on any atom is -0.444 e. The van der Waals surface area contributed by atoms with Crippen LogP contribution in [0.25, 0.3) is 0 Å². The van der Waals surface area contributed by atoms with E-state index >= 15 is 0 Å². The van der Waals surface area contributed by atoms with Crippen molar-refractivity contribution >= 4 is 18.0 Å². The summed E-state index contributed by atoms with van der Waals surface area (Å²) in [6.07, 6.45) is -0.881. The van der Waals surface area contributed by atoms with Crippen LogP contribution in [0.5, 0.6) is 5.75 Å². The molecule has 0 aromatic heterocycles. The highest BCUT2D eigenvalue weighted by atomic mass is 32.2. The van der Waals surface area contributed by atoms with Gasteiger partial charge in [-0.3, -0.25) is 4.72 Å². The van der Waals surface area contributed by atoms with Crippen molar-refractivity contribution in [2.45, 2.75) is 37.2 Å². The second kappa shape index (κ2) is 9.76. The highest BCUT2D eigenvalue weighted by Gasteiger charge is 2.30. The van der Waals surface area contributed by atoms with Crippen molar-refractivity contribution < 1.29 is 33.1 Å². The zero-order valence-electron chi connectivity index (χ0n) is 14.4. The van der Waals surface area contributed by atoms with Crippen LogP contribution < -0.4 is 14.9 Å². The van der Waals surface area contributed by atoms with Gasteiger partial charge in [0.05, 0.1) is 20.2 Å². The molecule has 1 aromatic rings. The number of hydrogen-bond donors (Lipinski definition) is 2. The molecule has 1 rings (SSSR count). The maximum absolute atomic E-state index is 13.7. The van der Waals surface area contributed by atoms with E-state index in [9.17, 15) is 13.6 Å². The van der Waals surface area contributed by atoms with Crippen molar-refractivity contribution in [2.24, 2.45) is 0 Å². The first kappa shape index (κ1) is 21.4. The summed E-state index contributed by atoms with van der Waals surface area (Å²) in [5.41, 5.74) is -0.738. The third kappa shape index (κ3) is 10.1. The molecule has 1 amide bonds. The van der Waals surface area contributed by atoms with Crippen LogP contribution >= 0.6 is 11.9 Å². The number of amides is 1. The lowest BCUT2D eigenvalue weighted by atomic mass is 10.2. The molecule has 0 bridgehead atoms. The Morgan fingerprint density at radius 2 is 1.80 bits per heavy atom. The van der Waals surface area contributed by atoms with Crippen LogP contribution in [0.1, 0.15) is 20.8 Å². The summed E-state index contributed by atoms with van der Waals surface area (Å²) < 4.78 is 34.9. The fourth-order valence-corrected chi connectivity index (χ4v) is 2.16. The van der Waals surface area contributed by atoms with Crippen molar-refractivity contribution in [1.82, 2.24) is 10.0 Å². The van der Waals surface area contributed by atoms with Gasteiger partial charge >= 0.3 is 6.09 Å². The second-order valence-corrected chi connectivity index (χ2v) is 6.89. The normalized spacial score (nSPS) is 11.9. The van der Waals surface area contributed by atoms with Crippen LogP contribution in [0.4, 0.5) is 13.6 Å². The van der Waals surface area contributed by atoms with Gasteiger partial charge in [0.25, 0.3) is 5.92 Å². The zero-order chi connectivity index (χ0) is 18.9. The number of benzene rings is 1. The van der Waals surface area contributed by atoms with Crippen LogP contribution in [-0.4, -0.2) is 37.8 Å². The smallest absolute Gasteiger partial charge is 0.407 e. The van der Waals surface area contributed by atoms with Crippen LogP contribution in [0, 0.1) is 0 Å². The summed E-state index contributed by atoms with van der Waals surface area (Å²) in [6.45, 7) is 3.51. The van der Waals surface area contributed by atoms with Crippen molar-refractivity contribution in [3.63, 3.8) is 0 Å². The van der Waals surface area contributed by atoms with Gasteiger partial charge in [0.1, 0.15) is 5.60 Å². The first-order chi connectivity index (χ1) is 11.6. The molecule has 25 heavy (non-hydrogen) atoms. The summed E-state index contributed by atoms with van der Waals surface area (Å²) in [5, 5.41) is 6.35. The van der Waals surface area contributed by atoms with Crippen LogP contribution in [0.15, 0.2) is 29.2 Å². The molecule has 0 spiro atoms. The number of alkyl carbamates (subject to hydrolysis) is 1. The lowest BCUT2D eigenvalue weighted by Gasteiger charge is -2.22. The quantitative estimate of drug-likeness (QED) is 0.387. The number of nitrogens with one attached hydrogen (secondary N) is 2. The number of hydrogen-bond acceptors (Lipinski definition) is 7. The summed E-state index contributed by atoms with van der Waals surface area (Å²) in [4.78, 5) is 21.1. The van der Waals surface area contributed by atoms with E-state index in [1.807, 2.05) is 0 Å². The molecule has 142 valence electrons. The van der Waals surface area contributed by atoms with Gasteiger partial charge in [-0.2, -0.15) is 4.89 Å². The Hall–Kier alpha value is -1.62. The van der Waals surface area contributed by atoms with Gasteiger partial charge in [0.2, 0.25) is 0 Å². The maximum atomic E-state index is 13.7. The van der Waals surface area contributed by atoms with Crippen LogP contribution in [0.3, 0.4) is 0 Å². The first-order valence-corrected chi connectivity index (χ1v) is 8.15. The minimum atomic E-state index is -3.13. The Bertz CT molecular complexity index is 538. The number of rotatable bonds is 9. The van der Waals surface area contributed by atoms with Gasteiger partial charge in [-0.15, -0.1) is 0 Å². The molecule has 0 aliphatic heterocycles. The molecule has 0 atom stereocenters. The van der Waals surface area contributed by atoms with E-state index < -0.39 is 30.7 Å². The lowest BCUT2D eigenvalue weighted by molar-refractivity contribution is -0.453. The zero-order valence-corrected chi connectivity index (χ0v) is 15.2. The standard InChI is InChI=1S/C15H22F2N2O5S/c1-14(2,3)22-13(20)18-9-15(16,17)10-19-25-12-7-5-11(6-8-12)23-24-21-4/h5-8,19H,9-10H2,1-4H3,(H,18,20). The maximum Gasteiger partial charge on any atom is 0.407 e. The van der Waals surface area contributed by atoms with Gasteiger partial charge in [0.15, 0.2) is 5.75 Å². The molecule has 0 aliphatic rings. The Morgan fingerprint density at radius 3 is 2.36 bits per heavy atom. The molecule has 0 unspecified atom stereocenters. The molecule has 1 aromatic carbocycles. The number of halogens is 2. The number of ether oxygens (including phenoxy) is 1. The number of alkyl halides is 2. The first-order valence-electron chi connectivity index (χ1n) is 7.33. The average molecular weight is 380 g/mol. The van der Waals surface area contributed by atoms with Gasteiger partial charge < -0.3 is 14.9 Å². The Balaban J connectivity index is 2.32. The third-order valence-corrected chi connectivity index (χ3v) is 3.23. The predicted octanol–water partition coefficient (Wildman–Crippen LogP) is 3.32. The fraction of sp³-hybridized carbons (Fsp3) is 0.533. The molecule has 0 radical (unpaired) electrons. The minimum absolute atomic E-state index is 0.401. The van der Waals surface area contributed by atoms with Gasteiger partial charge in [-0.05, 0) is 62.0 Å². The molecule has 0 saturated heterocycles. The van der Waals surface area contributed by atoms with Crippen molar-refractivity contribution in [2.75, 3.05) is 20.2 Å². The summed E-state index contributed by atoms with van der Waals surface area (Å²) >= 11 is 1.02. The Labute approximate surface area is 149 Å². The molecule has 0 heterocycles. The highest BCUT2D eigenvalue weighted by molar-refractivity contribution is 7.97. The topological polar surface area (TPSA) is 78.0 Å². The van der Waals surface area contributed by atoms with Gasteiger partial charge in [0, 0.05) is 4.90 Å². The SMILES string of the molecule is COOOc1ccc(SNCC(F)(F)CNC(=O)OC(C)(C)C)cc1. The average Bonchev–Trinajstić information content (AvgIpc) is 2.51. The van der Waals surface area contributed by atoms with E-state index in [1.165, 1.54) is 7.11 Å². The van der Waals surface area contributed by atoms with Crippen LogP contribution in [0.2, 0.25) is 0 Å². The summed E-state index contributed by atoms with van der Waals surface area (Å²) in [6, 6.07) is 6.49. The Morgan fingerprint density at radius 1 is 1.16 bits per heavy atom. The predicted molar refractivity (Wildman–Crippen MR) is 88.2 cm³/mol. The van der Waals surface area contributed by atoms with E-state index in [2.05, 4.69) is 20.0 Å². The van der Waals surface area contributed by atoms with E-state index in [1.54, 1.807) is 45.0 Å². The lowest BCUT2D eigenvalue weighted by Crippen LogP contribution is -2.43. The van der Waals surface area contributed by atoms with Crippen molar-refractivity contribution in [3.8, 4) is 5.75 Å². The molecule has 10 heteroatoms. The van der Waals surface area contributed by atoms with Gasteiger partial charge in [-0.1, -0.05) is 0 Å². The monoisotopic (exact) mass is 380 g/mol. The number of carbonyl (C=O) groups excluding carboxylic acids is 1. The van der Waals surface area contributed by atoms with E-state index in [-0.39, 0.29) is 0 Å². The highest BCUT2D eigenvalue weighted by Crippen LogP contribution is 2.21. The second-order valence-electron chi connectivity index (χ2n) is 5.92. The van der Waals surface area contributed by atoms with Gasteiger partial charge in [-0.25, -0.2) is 13.6 Å². The molecule has 0 saturated carbocycles. The van der Waals surface area contributed by atoms with E-state index in [0.717, 1.165) is 11.9 Å². The largest absolute Gasteiger partial charge is 0.444 e. The van der Waals surface area contributed by atoms with Crippen molar-refractivity contribution in [1.29, 1.82) is 0 Å². The summed E-state index contributed by atoms with van der Waals surface area (Å²) in [7, 11) is 1.30. The molecular weight excluding hydrogens is 358 g/mol. The van der Waals surface area contributed by atoms with E-state index in [0.29, 0.717) is 10.6 Å². The van der Waals surface area contributed by atoms with E-state index in [4.69, 9.17) is 9.62 Å². The van der Waals surface area contributed by atoms with Crippen LogP contribution in [-0.2, 0) is 14.7 Å². The summed E-state index contributed by atoms with van der Waals surface area (Å²) in [5.74, 6) is -2.72.